The lowest BCUT2D eigenvalue weighted by Gasteiger charge is -1.93. The Bertz CT molecular complexity index is 274. The predicted octanol–water partition coefficient (Wildman–Crippen LogP) is -0.471. The van der Waals surface area contributed by atoms with Gasteiger partial charge in [0.05, 0.1) is 0 Å². The Hall–Kier alpha value is -1.55. The van der Waals surface area contributed by atoms with E-state index in [-0.39, 0.29) is 6.54 Å². The molecule has 0 aromatic carbocycles. The van der Waals surface area contributed by atoms with Crippen LogP contribution in [0, 0.1) is 0 Å². The Kier molecular flexibility index (Phi) is 2.46. The number of tetrazole rings is 1. The molecule has 1 heterocycles. The van der Waals surface area contributed by atoms with E-state index in [0.29, 0.717) is 12.4 Å². The van der Waals surface area contributed by atoms with Gasteiger partial charge >= 0.3 is 0 Å². The summed E-state index contributed by atoms with van der Waals surface area (Å²) >= 11 is 0. The highest BCUT2D eigenvalue weighted by Crippen LogP contribution is 1.92. The molecule has 0 unspecified atom stereocenters. The van der Waals surface area contributed by atoms with Gasteiger partial charge in [0.25, 0.3) is 0 Å². The van der Waals surface area contributed by atoms with Crippen molar-refractivity contribution in [2.45, 2.75) is 20.0 Å². The van der Waals surface area contributed by atoms with E-state index in [4.69, 9.17) is 0 Å². The first kappa shape index (κ1) is 7.56. The quantitative estimate of drug-likeness (QED) is 0.434. The van der Waals surface area contributed by atoms with E-state index in [1.807, 2.05) is 6.92 Å². The molecule has 1 aromatic rings. The standard InChI is InChI=1S/C5H7N5O/c1-2-10-5(3-6-4-11)7-8-9-10/h2-3H2,1H3. The van der Waals surface area contributed by atoms with Crippen molar-refractivity contribution in [1.29, 1.82) is 0 Å². The normalized spacial score (nSPS) is 9.18. The zero-order valence-corrected chi connectivity index (χ0v) is 6.06. The Morgan fingerprint density at radius 2 is 2.55 bits per heavy atom. The molecule has 0 N–H and O–H groups in total. The van der Waals surface area contributed by atoms with Gasteiger partial charge in [-0.25, -0.2) is 9.48 Å². The van der Waals surface area contributed by atoms with Crippen LogP contribution in [0.4, 0.5) is 0 Å². The number of hydrogen-bond donors (Lipinski definition) is 0. The molecule has 0 aliphatic carbocycles. The van der Waals surface area contributed by atoms with E-state index >= 15 is 0 Å². The number of aromatic nitrogens is 4. The molecule has 1 aromatic heterocycles. The van der Waals surface area contributed by atoms with Crippen LogP contribution in [0.1, 0.15) is 12.7 Å². The summed E-state index contributed by atoms with van der Waals surface area (Å²) in [5.74, 6) is 0.579. The van der Waals surface area contributed by atoms with Crippen molar-refractivity contribution in [3.63, 3.8) is 0 Å². The zero-order valence-electron chi connectivity index (χ0n) is 6.06. The maximum atomic E-state index is 9.73. The van der Waals surface area contributed by atoms with Crippen LogP contribution in [0.15, 0.2) is 4.99 Å². The van der Waals surface area contributed by atoms with Gasteiger partial charge < -0.3 is 0 Å². The molecule has 0 aliphatic rings. The van der Waals surface area contributed by atoms with Crippen molar-refractivity contribution in [1.82, 2.24) is 20.2 Å². The first-order valence-electron chi connectivity index (χ1n) is 3.17. The molecule has 0 saturated carbocycles. The van der Waals surface area contributed by atoms with Crippen LogP contribution < -0.4 is 0 Å². The van der Waals surface area contributed by atoms with Gasteiger partial charge in [-0.1, -0.05) is 0 Å². The van der Waals surface area contributed by atoms with Gasteiger partial charge in [0.2, 0.25) is 6.08 Å². The Labute approximate surface area is 62.9 Å². The van der Waals surface area contributed by atoms with Crippen LogP contribution in [0.3, 0.4) is 0 Å². The SMILES string of the molecule is CCn1nnnc1CN=C=O. The highest BCUT2D eigenvalue weighted by molar-refractivity contribution is 5.32. The smallest absolute Gasteiger partial charge is 0.228 e. The second-order valence-corrected chi connectivity index (χ2v) is 1.82. The average molecular weight is 153 g/mol. The number of rotatable bonds is 3. The van der Waals surface area contributed by atoms with E-state index in [1.165, 1.54) is 6.08 Å². The van der Waals surface area contributed by atoms with E-state index in [1.54, 1.807) is 4.68 Å². The number of isocyanates is 1. The van der Waals surface area contributed by atoms with Gasteiger partial charge in [-0.2, -0.15) is 4.99 Å². The van der Waals surface area contributed by atoms with Crippen LogP contribution in [-0.4, -0.2) is 26.3 Å². The largest absolute Gasteiger partial charge is 0.235 e. The van der Waals surface area contributed by atoms with Crippen LogP contribution in [0.25, 0.3) is 0 Å². The fraction of sp³-hybridized carbons (Fsp3) is 0.600. The molecule has 0 bridgehead atoms. The lowest BCUT2D eigenvalue weighted by molar-refractivity contribution is 0.559. The number of nitrogens with zero attached hydrogens (tertiary/aromatic N) is 5. The van der Waals surface area contributed by atoms with E-state index in [0.717, 1.165) is 0 Å². The Morgan fingerprint density at radius 1 is 1.73 bits per heavy atom. The van der Waals surface area contributed by atoms with Crippen molar-refractivity contribution < 1.29 is 4.79 Å². The molecule has 1 rings (SSSR count). The number of carbonyl (C=O) groups excluding carboxylic acids is 1. The molecular weight excluding hydrogens is 146 g/mol. The third-order valence-electron chi connectivity index (χ3n) is 1.19. The summed E-state index contributed by atoms with van der Waals surface area (Å²) < 4.78 is 1.57. The Morgan fingerprint density at radius 3 is 3.18 bits per heavy atom. The van der Waals surface area contributed by atoms with Gasteiger partial charge in [0, 0.05) is 6.54 Å². The van der Waals surface area contributed by atoms with E-state index < -0.39 is 0 Å². The molecular formula is C5H7N5O. The lowest BCUT2D eigenvalue weighted by atomic mass is 10.6. The lowest BCUT2D eigenvalue weighted by Crippen LogP contribution is -2.02. The number of aryl methyl sites for hydroxylation is 1. The van der Waals surface area contributed by atoms with Crippen LogP contribution >= 0.6 is 0 Å². The van der Waals surface area contributed by atoms with E-state index in [2.05, 4.69) is 20.5 Å². The minimum absolute atomic E-state index is 0.199. The van der Waals surface area contributed by atoms with Gasteiger partial charge in [-0.3, -0.25) is 0 Å². The van der Waals surface area contributed by atoms with Crippen molar-refractivity contribution >= 4 is 6.08 Å². The third-order valence-corrected chi connectivity index (χ3v) is 1.19. The minimum Gasteiger partial charge on any atom is -0.228 e. The molecule has 0 radical (unpaired) electrons. The second-order valence-electron chi connectivity index (χ2n) is 1.82. The van der Waals surface area contributed by atoms with Crippen LogP contribution in [0.5, 0.6) is 0 Å². The van der Waals surface area contributed by atoms with Crippen molar-refractivity contribution in [3.05, 3.63) is 5.82 Å². The monoisotopic (exact) mass is 153 g/mol. The topological polar surface area (TPSA) is 73.0 Å². The summed E-state index contributed by atoms with van der Waals surface area (Å²) in [5, 5.41) is 10.7. The summed E-state index contributed by atoms with van der Waals surface area (Å²) in [6.07, 6.45) is 1.42. The molecule has 0 amide bonds. The summed E-state index contributed by atoms with van der Waals surface area (Å²) in [5.41, 5.74) is 0. The van der Waals surface area contributed by atoms with Gasteiger partial charge in [-0.05, 0) is 17.4 Å². The van der Waals surface area contributed by atoms with Crippen LogP contribution in [-0.2, 0) is 17.9 Å². The fourth-order valence-electron chi connectivity index (χ4n) is 0.685. The van der Waals surface area contributed by atoms with Crippen molar-refractivity contribution in [2.75, 3.05) is 0 Å². The number of hydrogen-bond acceptors (Lipinski definition) is 5. The van der Waals surface area contributed by atoms with E-state index in [9.17, 15) is 4.79 Å². The molecule has 0 saturated heterocycles. The van der Waals surface area contributed by atoms with Gasteiger partial charge in [0.15, 0.2) is 5.82 Å². The molecule has 0 spiro atoms. The number of aliphatic imine (C=N–C) groups is 1. The first-order chi connectivity index (χ1) is 5.38. The highest BCUT2D eigenvalue weighted by atomic mass is 16.1. The van der Waals surface area contributed by atoms with Gasteiger partial charge in [-0.15, -0.1) is 5.10 Å². The highest BCUT2D eigenvalue weighted by Gasteiger charge is 2.00. The molecule has 0 atom stereocenters. The maximum absolute atomic E-state index is 9.73. The maximum Gasteiger partial charge on any atom is 0.235 e. The van der Waals surface area contributed by atoms with Gasteiger partial charge in [0.1, 0.15) is 6.54 Å². The molecule has 58 valence electrons. The van der Waals surface area contributed by atoms with Crippen molar-refractivity contribution in [2.24, 2.45) is 4.99 Å². The predicted molar refractivity (Wildman–Crippen MR) is 35.3 cm³/mol. The average Bonchev–Trinajstić information content (AvgIpc) is 2.47. The molecule has 11 heavy (non-hydrogen) atoms. The summed E-state index contributed by atoms with van der Waals surface area (Å²) in [4.78, 5) is 13.1. The molecule has 6 nitrogen and oxygen atoms in total. The first-order valence-corrected chi connectivity index (χ1v) is 3.17. The van der Waals surface area contributed by atoms with Crippen LogP contribution in [0.2, 0.25) is 0 Å². The minimum atomic E-state index is 0.199. The third kappa shape index (κ3) is 1.68. The fourth-order valence-corrected chi connectivity index (χ4v) is 0.685. The summed E-state index contributed by atoms with van der Waals surface area (Å²) in [6, 6.07) is 0. The second kappa shape index (κ2) is 3.58. The Balaban J connectivity index is 2.75. The zero-order chi connectivity index (χ0) is 8.10. The summed E-state index contributed by atoms with van der Waals surface area (Å²) in [7, 11) is 0. The molecule has 0 fully saturated rings. The molecule has 6 heteroatoms. The molecule has 0 aliphatic heterocycles. The summed E-state index contributed by atoms with van der Waals surface area (Å²) in [6.45, 7) is 2.78. The van der Waals surface area contributed by atoms with Crippen molar-refractivity contribution in [3.8, 4) is 0 Å².